The monoisotopic (exact) mass is 391 g/mol. The fourth-order valence-corrected chi connectivity index (χ4v) is 3.49. The van der Waals surface area contributed by atoms with Crippen molar-refractivity contribution < 1.29 is 8.42 Å². The van der Waals surface area contributed by atoms with Crippen LogP contribution in [0.25, 0.3) is 22.0 Å². The molecule has 0 saturated carbocycles. The molecule has 4 rings (SSSR count). The Balaban J connectivity index is 1.74. The molecule has 0 bridgehead atoms. The zero-order valence-corrected chi connectivity index (χ0v) is 15.8. The molecule has 7 nitrogen and oxygen atoms in total. The highest BCUT2D eigenvalue weighted by Gasteiger charge is 2.12. The van der Waals surface area contributed by atoms with Gasteiger partial charge in [0.2, 0.25) is 5.95 Å². The van der Waals surface area contributed by atoms with E-state index in [1.54, 1.807) is 36.7 Å². The van der Waals surface area contributed by atoms with Gasteiger partial charge in [-0.05, 0) is 29.8 Å². The quantitative estimate of drug-likeness (QED) is 0.548. The van der Waals surface area contributed by atoms with E-state index in [0.29, 0.717) is 11.4 Å². The van der Waals surface area contributed by atoms with E-state index in [0.717, 1.165) is 22.2 Å². The molecule has 0 radical (unpaired) electrons. The van der Waals surface area contributed by atoms with Crippen LogP contribution in [-0.4, -0.2) is 29.6 Å². The van der Waals surface area contributed by atoms with Crippen molar-refractivity contribution >= 4 is 38.2 Å². The number of nitrogens with zero attached hydrogens (tertiary/aromatic N) is 3. The number of hydrogen-bond acceptors (Lipinski definition) is 7. The maximum Gasteiger partial charge on any atom is 0.221 e. The number of nitrogens with one attached hydrogen (secondary N) is 1. The second-order valence-electron chi connectivity index (χ2n) is 6.33. The highest BCUT2D eigenvalue weighted by atomic mass is 32.2. The molecular formula is C20H17N5O2S. The number of pyridine rings is 1. The van der Waals surface area contributed by atoms with Gasteiger partial charge < -0.3 is 11.1 Å². The van der Waals surface area contributed by atoms with Crippen molar-refractivity contribution in [2.45, 2.75) is 4.90 Å². The smallest absolute Gasteiger partial charge is 0.221 e. The van der Waals surface area contributed by atoms with E-state index in [4.69, 9.17) is 5.73 Å². The van der Waals surface area contributed by atoms with Crippen molar-refractivity contribution in [3.05, 3.63) is 67.0 Å². The molecule has 0 aliphatic carbocycles. The number of anilines is 3. The largest absolute Gasteiger partial charge is 0.368 e. The van der Waals surface area contributed by atoms with E-state index in [1.165, 1.54) is 6.26 Å². The van der Waals surface area contributed by atoms with Crippen LogP contribution in [0.1, 0.15) is 0 Å². The SMILES string of the molecule is CS(=O)(=O)c1ccc(-c2cnc(N)nc2Nc2cnc3ccccc3c2)cc1. The summed E-state index contributed by atoms with van der Waals surface area (Å²) in [5.74, 6) is 0.643. The van der Waals surface area contributed by atoms with Crippen LogP contribution in [0.5, 0.6) is 0 Å². The van der Waals surface area contributed by atoms with Crippen LogP contribution in [0.4, 0.5) is 17.5 Å². The number of aromatic nitrogens is 3. The molecule has 0 atom stereocenters. The summed E-state index contributed by atoms with van der Waals surface area (Å²) in [7, 11) is -3.26. The Morgan fingerprint density at radius 1 is 0.964 bits per heavy atom. The molecule has 0 amide bonds. The van der Waals surface area contributed by atoms with Crippen LogP contribution in [0, 0.1) is 0 Å². The molecular weight excluding hydrogens is 374 g/mol. The van der Waals surface area contributed by atoms with Crippen molar-refractivity contribution in [2.75, 3.05) is 17.3 Å². The summed E-state index contributed by atoms with van der Waals surface area (Å²) in [5.41, 5.74) is 8.89. The summed E-state index contributed by atoms with van der Waals surface area (Å²) < 4.78 is 23.4. The van der Waals surface area contributed by atoms with E-state index in [2.05, 4.69) is 20.3 Å². The van der Waals surface area contributed by atoms with Gasteiger partial charge >= 0.3 is 0 Å². The average Bonchev–Trinajstić information content (AvgIpc) is 2.67. The van der Waals surface area contributed by atoms with Crippen LogP contribution in [0.15, 0.2) is 71.9 Å². The van der Waals surface area contributed by atoms with E-state index in [9.17, 15) is 8.42 Å². The number of rotatable bonds is 4. The highest BCUT2D eigenvalue weighted by Crippen LogP contribution is 2.30. The summed E-state index contributed by atoms with van der Waals surface area (Å²) in [5, 5.41) is 4.23. The van der Waals surface area contributed by atoms with Crippen LogP contribution in [0.2, 0.25) is 0 Å². The molecule has 0 fully saturated rings. The number of nitrogens with two attached hydrogens (primary N) is 1. The van der Waals surface area contributed by atoms with E-state index < -0.39 is 9.84 Å². The van der Waals surface area contributed by atoms with Gasteiger partial charge in [0.1, 0.15) is 5.82 Å². The predicted molar refractivity (Wildman–Crippen MR) is 110 cm³/mol. The maximum atomic E-state index is 11.7. The lowest BCUT2D eigenvalue weighted by molar-refractivity contribution is 0.602. The topological polar surface area (TPSA) is 111 Å². The van der Waals surface area contributed by atoms with Gasteiger partial charge in [0, 0.05) is 23.4 Å². The van der Waals surface area contributed by atoms with Crippen LogP contribution >= 0.6 is 0 Å². The summed E-state index contributed by atoms with van der Waals surface area (Å²) in [6.45, 7) is 0. The molecule has 0 unspecified atom stereocenters. The Morgan fingerprint density at radius 3 is 2.46 bits per heavy atom. The summed E-state index contributed by atoms with van der Waals surface area (Å²) in [6.07, 6.45) is 4.50. The van der Waals surface area contributed by atoms with Crippen LogP contribution in [0.3, 0.4) is 0 Å². The normalized spacial score (nSPS) is 11.5. The zero-order valence-electron chi connectivity index (χ0n) is 15.0. The molecule has 2 heterocycles. The third-order valence-electron chi connectivity index (χ3n) is 4.25. The lowest BCUT2D eigenvalue weighted by atomic mass is 10.1. The molecule has 0 saturated heterocycles. The van der Waals surface area contributed by atoms with Crippen molar-refractivity contribution in [2.24, 2.45) is 0 Å². The van der Waals surface area contributed by atoms with Gasteiger partial charge in [0.05, 0.1) is 22.3 Å². The molecule has 3 N–H and O–H groups in total. The van der Waals surface area contributed by atoms with E-state index >= 15 is 0 Å². The van der Waals surface area contributed by atoms with Gasteiger partial charge in [-0.3, -0.25) is 4.98 Å². The second-order valence-corrected chi connectivity index (χ2v) is 8.34. The fraction of sp³-hybridized carbons (Fsp3) is 0.0500. The molecule has 28 heavy (non-hydrogen) atoms. The number of benzene rings is 2. The lowest BCUT2D eigenvalue weighted by Crippen LogP contribution is -2.03. The number of sulfone groups is 1. The first-order valence-electron chi connectivity index (χ1n) is 8.45. The predicted octanol–water partition coefficient (Wildman–Crippen LogP) is 3.42. The minimum absolute atomic E-state index is 0.132. The van der Waals surface area contributed by atoms with Gasteiger partial charge in [-0.1, -0.05) is 30.3 Å². The molecule has 0 aliphatic heterocycles. The first kappa shape index (κ1) is 17.9. The molecule has 140 valence electrons. The Hall–Kier alpha value is -3.52. The zero-order chi connectivity index (χ0) is 19.7. The molecule has 2 aromatic carbocycles. The highest BCUT2D eigenvalue weighted by molar-refractivity contribution is 7.90. The first-order valence-corrected chi connectivity index (χ1v) is 10.3. The molecule has 0 spiro atoms. The number of hydrogen-bond donors (Lipinski definition) is 2. The second kappa shape index (κ2) is 6.90. The molecule has 2 aromatic heterocycles. The average molecular weight is 391 g/mol. The number of fused-ring (bicyclic) bond motifs is 1. The van der Waals surface area contributed by atoms with Gasteiger partial charge in [0.25, 0.3) is 0 Å². The van der Waals surface area contributed by atoms with Crippen molar-refractivity contribution in [3.8, 4) is 11.1 Å². The number of para-hydroxylation sites is 1. The van der Waals surface area contributed by atoms with Gasteiger partial charge in [-0.2, -0.15) is 4.98 Å². The van der Waals surface area contributed by atoms with Crippen molar-refractivity contribution in [1.82, 2.24) is 15.0 Å². The van der Waals surface area contributed by atoms with Crippen LogP contribution in [-0.2, 0) is 9.84 Å². The van der Waals surface area contributed by atoms with Gasteiger partial charge in [-0.25, -0.2) is 13.4 Å². The van der Waals surface area contributed by atoms with E-state index in [-0.39, 0.29) is 10.8 Å². The minimum Gasteiger partial charge on any atom is -0.368 e. The van der Waals surface area contributed by atoms with Crippen molar-refractivity contribution in [1.29, 1.82) is 0 Å². The maximum absolute atomic E-state index is 11.7. The Labute approximate surface area is 162 Å². The Bertz CT molecular complexity index is 1270. The molecule has 0 aliphatic rings. The summed E-state index contributed by atoms with van der Waals surface area (Å²) in [4.78, 5) is 13.1. The van der Waals surface area contributed by atoms with Crippen LogP contribution < -0.4 is 11.1 Å². The number of nitrogen functional groups attached to an aromatic ring is 1. The van der Waals surface area contributed by atoms with Crippen molar-refractivity contribution in [3.63, 3.8) is 0 Å². The fourth-order valence-electron chi connectivity index (χ4n) is 2.86. The Morgan fingerprint density at radius 2 is 1.71 bits per heavy atom. The van der Waals surface area contributed by atoms with Gasteiger partial charge in [-0.15, -0.1) is 0 Å². The summed E-state index contributed by atoms with van der Waals surface area (Å²) in [6, 6.07) is 16.3. The lowest BCUT2D eigenvalue weighted by Gasteiger charge is -2.12. The summed E-state index contributed by atoms with van der Waals surface area (Å²) >= 11 is 0. The third-order valence-corrected chi connectivity index (χ3v) is 5.38. The Kier molecular flexibility index (Phi) is 4.40. The molecule has 8 heteroatoms. The standard InChI is InChI=1S/C20H17N5O2S/c1-28(26,27)16-8-6-13(7-9-16)17-12-23-20(21)25-19(17)24-15-10-14-4-2-3-5-18(14)22-11-15/h2-12H,1H3,(H3,21,23,24,25). The minimum atomic E-state index is -3.26. The first-order chi connectivity index (χ1) is 13.4. The molecule has 4 aromatic rings. The van der Waals surface area contributed by atoms with Gasteiger partial charge in [0.15, 0.2) is 9.84 Å². The van der Waals surface area contributed by atoms with E-state index in [1.807, 2.05) is 30.3 Å². The third kappa shape index (κ3) is 3.63.